The molecular weight excluding hydrogens is 576 g/mol. The van der Waals surface area contributed by atoms with Crippen LogP contribution in [-0.4, -0.2) is 29.0 Å². The number of carbonyl (C=O) groups is 2. The van der Waals surface area contributed by atoms with Crippen molar-refractivity contribution in [1.29, 1.82) is 0 Å². The Morgan fingerprint density at radius 3 is 2.58 bits per heavy atom. The number of benzene rings is 3. The van der Waals surface area contributed by atoms with E-state index in [4.69, 9.17) is 17.0 Å². The molecule has 1 fully saturated rings. The maximum absolute atomic E-state index is 13.0. The minimum Gasteiger partial charge on any atom is -0.484 e. The normalized spacial score (nSPS) is 14.4. The molecule has 36 heavy (non-hydrogen) atoms. The minimum absolute atomic E-state index is 0.119. The lowest BCUT2D eigenvalue weighted by Crippen LogP contribution is -2.27. The van der Waals surface area contributed by atoms with E-state index in [-0.39, 0.29) is 18.4 Å². The Balaban J connectivity index is 1.38. The van der Waals surface area contributed by atoms with E-state index in [9.17, 15) is 9.59 Å². The number of aryl methyl sites for hydroxylation is 2. The van der Waals surface area contributed by atoms with E-state index in [1.807, 2.05) is 74.7 Å². The molecule has 1 aliphatic rings. The van der Waals surface area contributed by atoms with Crippen LogP contribution in [0.2, 0.25) is 0 Å². The van der Waals surface area contributed by atoms with Crippen LogP contribution in [-0.2, 0) is 9.59 Å². The summed E-state index contributed by atoms with van der Waals surface area (Å²) < 4.78 is 6.97. The molecule has 1 saturated heterocycles. The van der Waals surface area contributed by atoms with Crippen molar-refractivity contribution in [3.8, 4) is 5.75 Å². The van der Waals surface area contributed by atoms with Gasteiger partial charge in [0.15, 0.2) is 10.9 Å². The van der Waals surface area contributed by atoms with Crippen molar-refractivity contribution in [2.45, 2.75) is 18.7 Å². The molecule has 0 aromatic heterocycles. The number of hydrogen-bond donors (Lipinski definition) is 1. The molecule has 1 aliphatic heterocycles. The van der Waals surface area contributed by atoms with Gasteiger partial charge in [-0.15, -0.1) is 11.8 Å². The molecule has 0 unspecified atom stereocenters. The van der Waals surface area contributed by atoms with Crippen LogP contribution in [0.4, 0.5) is 11.4 Å². The van der Waals surface area contributed by atoms with Gasteiger partial charge in [0, 0.05) is 9.37 Å². The van der Waals surface area contributed by atoms with E-state index in [2.05, 4.69) is 21.2 Å². The van der Waals surface area contributed by atoms with Crippen LogP contribution in [0.3, 0.4) is 0 Å². The van der Waals surface area contributed by atoms with Crippen molar-refractivity contribution in [1.82, 2.24) is 0 Å². The third-order valence-corrected chi connectivity index (χ3v) is 8.19. The Labute approximate surface area is 232 Å². The Hall–Kier alpha value is -2.59. The van der Waals surface area contributed by atoms with Gasteiger partial charge < -0.3 is 10.1 Å². The first-order valence-corrected chi connectivity index (χ1v) is 14.2. The highest BCUT2D eigenvalue weighted by atomic mass is 79.9. The largest absolute Gasteiger partial charge is 0.484 e. The average molecular weight is 600 g/mol. The number of anilines is 2. The molecular formula is C27H23BrN2O3S3. The zero-order valence-corrected chi connectivity index (χ0v) is 23.9. The van der Waals surface area contributed by atoms with E-state index in [0.717, 1.165) is 31.7 Å². The van der Waals surface area contributed by atoms with Crippen LogP contribution in [0.25, 0.3) is 6.08 Å². The van der Waals surface area contributed by atoms with Crippen molar-refractivity contribution < 1.29 is 14.3 Å². The van der Waals surface area contributed by atoms with Gasteiger partial charge in [0.1, 0.15) is 5.75 Å². The van der Waals surface area contributed by atoms with Crippen molar-refractivity contribution in [2.24, 2.45) is 0 Å². The summed E-state index contributed by atoms with van der Waals surface area (Å²) in [6.45, 7) is 3.90. The Kier molecular flexibility index (Phi) is 8.56. The van der Waals surface area contributed by atoms with Crippen molar-refractivity contribution in [2.75, 3.05) is 23.1 Å². The first-order valence-electron chi connectivity index (χ1n) is 11.0. The SMILES string of the molecule is CSc1cccc(N2C(=O)/C(=C\c3ccc(OCC(=O)Nc4cc(C)c(C)cc4Br)cc3)SC2=S)c1. The van der Waals surface area contributed by atoms with Crippen molar-refractivity contribution in [3.63, 3.8) is 0 Å². The summed E-state index contributed by atoms with van der Waals surface area (Å²) in [5, 5.41) is 2.86. The molecule has 0 aliphatic carbocycles. The van der Waals surface area contributed by atoms with Gasteiger partial charge in [-0.3, -0.25) is 14.5 Å². The summed E-state index contributed by atoms with van der Waals surface area (Å²) in [5.41, 5.74) is 4.55. The number of nitrogens with one attached hydrogen (secondary N) is 1. The standard InChI is InChI=1S/C27H23BrN2O3S3/c1-16-11-22(28)23(12-17(16)2)29-25(31)15-33-20-9-7-18(8-10-20)13-24-26(32)30(27(34)36-24)19-5-4-6-21(14-19)35-3/h4-14H,15H2,1-3H3,(H,29,31)/b24-13+. The van der Waals surface area contributed by atoms with Crippen molar-refractivity contribution >= 4 is 85.3 Å². The maximum atomic E-state index is 13.0. The predicted molar refractivity (Wildman–Crippen MR) is 158 cm³/mol. The van der Waals surface area contributed by atoms with E-state index >= 15 is 0 Å². The predicted octanol–water partition coefficient (Wildman–Crippen LogP) is 7.21. The third kappa shape index (κ3) is 6.21. The first kappa shape index (κ1) is 26.5. The quantitative estimate of drug-likeness (QED) is 0.176. The lowest BCUT2D eigenvalue weighted by Gasteiger charge is -2.15. The Bertz CT molecular complexity index is 1370. The smallest absolute Gasteiger partial charge is 0.270 e. The topological polar surface area (TPSA) is 58.6 Å². The zero-order chi connectivity index (χ0) is 25.8. The second kappa shape index (κ2) is 11.6. The lowest BCUT2D eigenvalue weighted by atomic mass is 10.1. The lowest BCUT2D eigenvalue weighted by molar-refractivity contribution is -0.118. The zero-order valence-electron chi connectivity index (χ0n) is 19.8. The second-order valence-corrected chi connectivity index (χ2v) is 11.5. The van der Waals surface area contributed by atoms with Gasteiger partial charge >= 0.3 is 0 Å². The molecule has 3 aromatic carbocycles. The third-order valence-electron chi connectivity index (χ3n) is 5.51. The molecule has 5 nitrogen and oxygen atoms in total. The number of thioether (sulfide) groups is 2. The number of carbonyl (C=O) groups excluding carboxylic acids is 2. The molecule has 4 rings (SSSR count). The summed E-state index contributed by atoms with van der Waals surface area (Å²) in [7, 11) is 0. The van der Waals surface area contributed by atoms with Crippen LogP contribution >= 0.6 is 51.7 Å². The van der Waals surface area contributed by atoms with E-state index in [1.54, 1.807) is 28.8 Å². The second-order valence-electron chi connectivity index (χ2n) is 8.04. The number of nitrogens with zero attached hydrogens (tertiary/aromatic N) is 1. The highest BCUT2D eigenvalue weighted by Gasteiger charge is 2.33. The molecule has 2 amide bonds. The summed E-state index contributed by atoms with van der Waals surface area (Å²) in [5.74, 6) is 0.165. The molecule has 9 heteroatoms. The van der Waals surface area contributed by atoms with Gasteiger partial charge in [-0.05, 0) is 101 Å². The maximum Gasteiger partial charge on any atom is 0.270 e. The Morgan fingerprint density at radius 1 is 1.14 bits per heavy atom. The molecule has 0 spiro atoms. The van der Waals surface area contributed by atoms with E-state index in [1.165, 1.54) is 11.8 Å². The molecule has 0 bridgehead atoms. The van der Waals surface area contributed by atoms with E-state index < -0.39 is 0 Å². The first-order chi connectivity index (χ1) is 17.2. The van der Waals surface area contributed by atoms with Gasteiger partial charge in [-0.2, -0.15) is 0 Å². The molecule has 0 radical (unpaired) electrons. The molecule has 1 N–H and O–H groups in total. The van der Waals surface area contributed by atoms with Crippen molar-refractivity contribution in [3.05, 3.63) is 86.7 Å². The summed E-state index contributed by atoms with van der Waals surface area (Å²) in [6, 6.07) is 18.9. The number of amides is 2. The summed E-state index contributed by atoms with van der Waals surface area (Å²) in [4.78, 5) is 28.6. The number of ether oxygens (including phenoxy) is 1. The van der Waals surface area contributed by atoms with Gasteiger partial charge in [-0.1, -0.05) is 42.2 Å². The highest BCUT2D eigenvalue weighted by Crippen LogP contribution is 2.37. The van der Waals surface area contributed by atoms with Gasteiger partial charge in [0.25, 0.3) is 11.8 Å². The average Bonchev–Trinajstić information content (AvgIpc) is 3.14. The van der Waals surface area contributed by atoms with Crippen LogP contribution in [0, 0.1) is 13.8 Å². The van der Waals surface area contributed by atoms with Crippen LogP contribution in [0.1, 0.15) is 16.7 Å². The van der Waals surface area contributed by atoms with E-state index in [0.29, 0.717) is 20.7 Å². The fourth-order valence-electron chi connectivity index (χ4n) is 3.46. The van der Waals surface area contributed by atoms with Crippen LogP contribution in [0.15, 0.2) is 74.9 Å². The monoisotopic (exact) mass is 598 g/mol. The summed E-state index contributed by atoms with van der Waals surface area (Å²) in [6.07, 6.45) is 3.80. The fraction of sp³-hybridized carbons (Fsp3) is 0.148. The number of thiocarbonyl (C=S) groups is 1. The number of hydrogen-bond acceptors (Lipinski definition) is 6. The molecule has 1 heterocycles. The summed E-state index contributed by atoms with van der Waals surface area (Å²) >= 11 is 11.9. The Morgan fingerprint density at radius 2 is 1.86 bits per heavy atom. The fourth-order valence-corrected chi connectivity index (χ4v) is 5.77. The van der Waals surface area contributed by atoms with Crippen LogP contribution in [0.5, 0.6) is 5.75 Å². The highest BCUT2D eigenvalue weighted by molar-refractivity contribution is 9.10. The molecule has 184 valence electrons. The number of rotatable bonds is 7. The molecule has 0 saturated carbocycles. The minimum atomic E-state index is -0.253. The van der Waals surface area contributed by atoms with Gasteiger partial charge in [-0.25, -0.2) is 0 Å². The van der Waals surface area contributed by atoms with Gasteiger partial charge in [0.2, 0.25) is 0 Å². The van der Waals surface area contributed by atoms with Crippen LogP contribution < -0.4 is 15.0 Å². The molecule has 0 atom stereocenters. The molecule has 3 aromatic rings. The van der Waals surface area contributed by atoms with Gasteiger partial charge in [0.05, 0.1) is 16.3 Å². The number of halogens is 1.